The molecule has 1 atom stereocenters. The Bertz CT molecular complexity index is 2700. The number of fused-ring (bicyclic) bond motifs is 2. The maximum absolute atomic E-state index is 12.3. The summed E-state index contributed by atoms with van der Waals surface area (Å²) in [5, 5.41) is 9.32. The summed E-state index contributed by atoms with van der Waals surface area (Å²) in [6.07, 6.45) is 6.95. The second kappa shape index (κ2) is 35.5. The van der Waals surface area contributed by atoms with E-state index in [1.807, 2.05) is 27.7 Å². The molecule has 27 heteroatoms. The van der Waals surface area contributed by atoms with Crippen molar-refractivity contribution in [2.45, 2.75) is 42.9 Å². The maximum Gasteiger partial charge on any atom is 0.305 e. The van der Waals surface area contributed by atoms with Crippen LogP contribution in [-0.4, -0.2) is 214 Å². The predicted molar refractivity (Wildman–Crippen MR) is 281 cm³/mol. The molecule has 0 amide bonds. The van der Waals surface area contributed by atoms with Gasteiger partial charge in [-0.25, -0.2) is 29.8 Å². The van der Waals surface area contributed by atoms with E-state index < -0.39 is 58.1 Å². The Kier molecular flexibility index (Phi) is 30.1. The minimum atomic E-state index is -4.90. The van der Waals surface area contributed by atoms with Crippen LogP contribution < -0.4 is 14.8 Å². The molecule has 1 aromatic carbocycles. The lowest BCUT2D eigenvalue weighted by molar-refractivity contribution is -0.138. The molecule has 1 aliphatic carbocycles. The van der Waals surface area contributed by atoms with Crippen molar-refractivity contribution in [2.24, 2.45) is 0 Å². The van der Waals surface area contributed by atoms with E-state index in [1.165, 1.54) is 24.5 Å². The highest BCUT2D eigenvalue weighted by molar-refractivity contribution is 7.86. The van der Waals surface area contributed by atoms with Crippen molar-refractivity contribution >= 4 is 48.1 Å². The number of carboxylic acids is 1. The molecular weight excluding hydrogens is 1090 g/mol. The van der Waals surface area contributed by atoms with Gasteiger partial charge in [0.25, 0.3) is 0 Å². The Morgan fingerprint density at radius 2 is 1.18 bits per heavy atom. The van der Waals surface area contributed by atoms with Crippen LogP contribution in [0.15, 0.2) is 75.9 Å². The molecule has 3 aliphatic rings. The molecule has 1 aromatic rings. The zero-order valence-corrected chi connectivity index (χ0v) is 46.7. The highest BCUT2D eigenvalue weighted by Gasteiger charge is 2.43. The van der Waals surface area contributed by atoms with E-state index in [1.54, 1.807) is 38.3 Å². The number of benzene rings is 2. The standard InChI is InChI=1S/C51H76N2O22S3/c1-51(14-4-38-76(56,57)58)46-41-44(78(62,63)64)9-11-47(46)53(17-21-68-26-29-72-34-37-74-35-32-70-27-24-66-18-13-50(54)55)49(51)7-3-6-42-12-19-75-48-40-43(8-10-45(42)48)52(15-5-39-77(59,60)61)16-20-67-25-28-71-33-36-73-31-30-69-23-22-65-2/h3,6-12,19,40-41H,4-5,13-18,20-39H2,1-2H3,(H3-,54,55,56,57,58,59,60,61,62,63,64)/p-2. The third kappa shape index (κ3) is 25.5. The first kappa shape index (κ1) is 66.2. The Morgan fingerprint density at radius 1 is 0.654 bits per heavy atom. The van der Waals surface area contributed by atoms with Crippen LogP contribution in [0.4, 0.5) is 5.69 Å². The molecule has 2 aliphatic heterocycles. The maximum atomic E-state index is 12.3. The topological polar surface area (TPSA) is 321 Å². The molecule has 2 heterocycles. The molecule has 440 valence electrons. The van der Waals surface area contributed by atoms with Crippen LogP contribution in [0.2, 0.25) is 0 Å². The molecule has 0 aromatic heterocycles. The quantitative estimate of drug-likeness (QED) is 0.0482. The zero-order valence-electron chi connectivity index (χ0n) is 44.3. The monoisotopic (exact) mass is 1160 g/mol. The summed E-state index contributed by atoms with van der Waals surface area (Å²) in [7, 11) is -12.4. The largest absolute Gasteiger partial charge is 0.748 e. The van der Waals surface area contributed by atoms with Gasteiger partial charge in [0.15, 0.2) is 6.54 Å². The minimum Gasteiger partial charge on any atom is -0.748 e. The zero-order chi connectivity index (χ0) is 56.7. The third-order valence-corrected chi connectivity index (χ3v) is 14.4. The normalized spacial score (nSPS) is 16.0. The van der Waals surface area contributed by atoms with Crippen LogP contribution in [0.1, 0.15) is 43.7 Å². The summed E-state index contributed by atoms with van der Waals surface area (Å²) in [6, 6.07) is 11.3. The lowest BCUT2D eigenvalue weighted by Crippen LogP contribution is -2.35. The third-order valence-electron chi connectivity index (χ3n) is 12.0. The van der Waals surface area contributed by atoms with Crippen molar-refractivity contribution in [3.8, 4) is 11.3 Å². The number of methoxy groups -OCH3 is 1. The lowest BCUT2D eigenvalue weighted by Gasteiger charge is -2.30. The average molecular weight is 1160 g/mol. The van der Waals surface area contributed by atoms with Crippen molar-refractivity contribution in [2.75, 3.05) is 169 Å². The molecule has 4 rings (SSSR count). The molecule has 0 spiro atoms. The lowest BCUT2D eigenvalue weighted by atomic mass is 9.77. The van der Waals surface area contributed by atoms with E-state index in [-0.39, 0.29) is 78.4 Å². The molecule has 1 N–H and O–H groups in total. The number of carboxylic acid groups (broad SMARTS) is 1. The Hall–Kier alpha value is -4.27. The first-order valence-electron chi connectivity index (χ1n) is 25.5. The number of hydrogen-bond donors (Lipinski definition) is 1. The van der Waals surface area contributed by atoms with Crippen molar-refractivity contribution < 1.29 is 101 Å². The SMILES string of the molecule is COCCOCCOCCOCCOCC[N+](CCCS(=O)(=O)[O-])=c1ccc2c(/C=C/C=C3/N(CCOCCOCCOCCOCCOCCC(=O)O)c4ccc(S(=O)(=O)[O-])cc4C3(C)CCCS(=O)(=O)[O-])ccoc-2c1. The van der Waals surface area contributed by atoms with Gasteiger partial charge in [-0.2, -0.15) is 0 Å². The van der Waals surface area contributed by atoms with E-state index in [4.69, 9.17) is 56.9 Å². The highest BCUT2D eigenvalue weighted by Crippen LogP contribution is 2.51. The highest BCUT2D eigenvalue weighted by atomic mass is 32.2. The summed E-state index contributed by atoms with van der Waals surface area (Å²) in [6.45, 7) is 8.81. The van der Waals surface area contributed by atoms with Crippen molar-refractivity contribution in [1.82, 2.24) is 4.58 Å². The van der Waals surface area contributed by atoms with Crippen molar-refractivity contribution in [3.05, 3.63) is 83.1 Å². The van der Waals surface area contributed by atoms with Crippen molar-refractivity contribution in [1.29, 1.82) is 0 Å². The van der Waals surface area contributed by atoms with Gasteiger partial charge in [-0.05, 0) is 67.3 Å². The average Bonchev–Trinajstić information content (AvgIpc) is 3.78. The van der Waals surface area contributed by atoms with Gasteiger partial charge in [0.1, 0.15) is 29.0 Å². The second-order valence-corrected chi connectivity index (χ2v) is 22.1. The number of carbonyl (C=O) groups is 1. The van der Waals surface area contributed by atoms with E-state index in [2.05, 4.69) is 0 Å². The van der Waals surface area contributed by atoms with Crippen LogP contribution in [0.5, 0.6) is 0 Å². The van der Waals surface area contributed by atoms with Gasteiger partial charge in [-0.3, -0.25) is 4.79 Å². The summed E-state index contributed by atoms with van der Waals surface area (Å²) < 4.78 is 169. The number of aliphatic carboxylic acids is 1. The smallest absolute Gasteiger partial charge is 0.305 e. The van der Waals surface area contributed by atoms with Gasteiger partial charge >= 0.3 is 5.97 Å². The van der Waals surface area contributed by atoms with Crippen LogP contribution >= 0.6 is 0 Å². The number of allylic oxidation sites excluding steroid dienone is 3. The van der Waals surface area contributed by atoms with Gasteiger partial charge in [-0.15, -0.1) is 0 Å². The summed E-state index contributed by atoms with van der Waals surface area (Å²) >= 11 is 0. The molecule has 1 unspecified atom stereocenters. The van der Waals surface area contributed by atoms with Gasteiger partial charge in [0.2, 0.25) is 5.36 Å². The van der Waals surface area contributed by atoms with Gasteiger partial charge < -0.3 is 75.5 Å². The molecule has 0 radical (unpaired) electrons. The minimum absolute atomic E-state index is 0.0679. The van der Waals surface area contributed by atoms with E-state index in [0.717, 1.165) is 5.56 Å². The van der Waals surface area contributed by atoms with Gasteiger partial charge in [-0.1, -0.05) is 12.2 Å². The summed E-state index contributed by atoms with van der Waals surface area (Å²) in [5.74, 6) is -1.66. The molecule has 24 nitrogen and oxygen atoms in total. The fraction of sp³-hybridized carbons (Fsp3) is 0.608. The molecule has 0 saturated heterocycles. The van der Waals surface area contributed by atoms with E-state index in [0.29, 0.717) is 126 Å². The molecule has 78 heavy (non-hydrogen) atoms. The Morgan fingerprint density at radius 3 is 1.72 bits per heavy atom. The fourth-order valence-electron chi connectivity index (χ4n) is 8.17. The van der Waals surface area contributed by atoms with Crippen LogP contribution in [0.25, 0.3) is 17.4 Å². The van der Waals surface area contributed by atoms with E-state index in [9.17, 15) is 43.7 Å². The Labute approximate surface area is 457 Å². The predicted octanol–water partition coefficient (Wildman–Crippen LogP) is 2.27. The first-order chi connectivity index (χ1) is 37.3. The van der Waals surface area contributed by atoms with Crippen molar-refractivity contribution in [3.63, 3.8) is 0 Å². The van der Waals surface area contributed by atoms with Crippen LogP contribution in [-0.2, 0) is 87.9 Å². The van der Waals surface area contributed by atoms with Gasteiger partial charge in [0, 0.05) is 60.0 Å². The van der Waals surface area contributed by atoms with Crippen LogP contribution in [0, 0.1) is 0 Å². The second-order valence-electron chi connectivity index (χ2n) is 17.7. The molecule has 0 fully saturated rings. The number of anilines is 1. The molecular formula is C51H74N2O22S3-2. The number of ether oxygens (including phenoxy) is 10. The summed E-state index contributed by atoms with van der Waals surface area (Å²) in [5.41, 5.74) is 1.98. The fourth-order valence-corrected chi connectivity index (χ4v) is 9.65. The van der Waals surface area contributed by atoms with E-state index >= 15 is 0 Å². The number of nitrogens with zero attached hydrogens (tertiary/aromatic N) is 2. The molecule has 0 saturated carbocycles. The number of rotatable bonds is 44. The molecule has 0 bridgehead atoms. The summed E-state index contributed by atoms with van der Waals surface area (Å²) in [4.78, 5) is 12.0. The Balaban J connectivity index is 1.46. The number of hydrogen-bond acceptors (Lipinski definition) is 22. The first-order valence-corrected chi connectivity index (χ1v) is 30.0. The van der Waals surface area contributed by atoms with Gasteiger partial charge in [0.05, 0.1) is 163 Å². The van der Waals surface area contributed by atoms with Crippen LogP contribution in [0.3, 0.4) is 0 Å².